The Hall–Kier alpha value is -0.800. The maximum atomic E-state index is 6.00. The molecule has 0 aliphatic carbocycles. The average molecular weight is 292 g/mol. The summed E-state index contributed by atoms with van der Waals surface area (Å²) in [6, 6.07) is 3.00. The van der Waals surface area contributed by atoms with E-state index in [-0.39, 0.29) is 0 Å². The Morgan fingerprint density at radius 3 is 2.90 bits per heavy atom. The van der Waals surface area contributed by atoms with Crippen molar-refractivity contribution in [2.45, 2.75) is 78.4 Å². The van der Waals surface area contributed by atoms with Crippen molar-refractivity contribution in [2.75, 3.05) is 13.1 Å². The van der Waals surface area contributed by atoms with E-state index < -0.39 is 0 Å². The third-order valence-corrected chi connectivity index (χ3v) is 4.64. The predicted molar refractivity (Wildman–Crippen MR) is 88.4 cm³/mol. The molecule has 1 aromatic rings. The predicted octanol–water partition coefficient (Wildman–Crippen LogP) is 4.24. The highest BCUT2D eigenvalue weighted by Gasteiger charge is 2.21. The van der Waals surface area contributed by atoms with Crippen LogP contribution in [0.1, 0.15) is 69.5 Å². The molecule has 1 unspecified atom stereocenters. The monoisotopic (exact) mass is 292 g/mol. The van der Waals surface area contributed by atoms with Gasteiger partial charge in [-0.15, -0.1) is 0 Å². The SMILES string of the molecule is CCCNCc1cc(CN2CCCCCC2CC)oc1C. The molecule has 0 spiro atoms. The smallest absolute Gasteiger partial charge is 0.118 e. The molecular formula is C18H32N2O. The highest BCUT2D eigenvalue weighted by Crippen LogP contribution is 2.23. The van der Waals surface area contributed by atoms with Gasteiger partial charge >= 0.3 is 0 Å². The van der Waals surface area contributed by atoms with Crippen molar-refractivity contribution in [3.63, 3.8) is 0 Å². The minimum Gasteiger partial charge on any atom is -0.465 e. The molecule has 1 N–H and O–H groups in total. The number of nitrogens with zero attached hydrogens (tertiary/aromatic N) is 1. The van der Waals surface area contributed by atoms with Crippen LogP contribution in [0.25, 0.3) is 0 Å². The van der Waals surface area contributed by atoms with Gasteiger partial charge in [0.2, 0.25) is 0 Å². The lowest BCUT2D eigenvalue weighted by atomic mass is 10.1. The standard InChI is InChI=1S/C18H32N2O/c1-4-10-19-13-16-12-18(21-15(16)3)14-20-11-8-6-7-9-17(20)5-2/h12,17,19H,4-11,13-14H2,1-3H3. The summed E-state index contributed by atoms with van der Waals surface area (Å²) in [4.78, 5) is 2.63. The Bertz CT molecular complexity index is 413. The van der Waals surface area contributed by atoms with E-state index in [1.54, 1.807) is 0 Å². The van der Waals surface area contributed by atoms with Gasteiger partial charge < -0.3 is 9.73 Å². The minimum atomic E-state index is 0.736. The van der Waals surface area contributed by atoms with Gasteiger partial charge in [0.05, 0.1) is 6.54 Å². The second-order valence-corrected chi connectivity index (χ2v) is 6.35. The lowest BCUT2D eigenvalue weighted by Crippen LogP contribution is -2.33. The lowest BCUT2D eigenvalue weighted by Gasteiger charge is -2.28. The fraction of sp³-hybridized carbons (Fsp3) is 0.778. The molecular weight excluding hydrogens is 260 g/mol. The highest BCUT2D eigenvalue weighted by atomic mass is 16.3. The van der Waals surface area contributed by atoms with Gasteiger partial charge in [0, 0.05) is 18.2 Å². The normalized spacial score (nSPS) is 20.6. The topological polar surface area (TPSA) is 28.4 Å². The fourth-order valence-corrected chi connectivity index (χ4v) is 3.35. The lowest BCUT2D eigenvalue weighted by molar-refractivity contribution is 0.172. The zero-order valence-electron chi connectivity index (χ0n) is 14.1. The number of likely N-dealkylation sites (tertiary alicyclic amines) is 1. The van der Waals surface area contributed by atoms with Crippen LogP contribution in [-0.2, 0) is 13.1 Å². The molecule has 2 rings (SSSR count). The molecule has 3 nitrogen and oxygen atoms in total. The zero-order chi connectivity index (χ0) is 15.1. The molecule has 1 fully saturated rings. The Kier molecular flexibility index (Phi) is 6.78. The Morgan fingerprint density at radius 2 is 2.14 bits per heavy atom. The first-order valence-corrected chi connectivity index (χ1v) is 8.77. The fourth-order valence-electron chi connectivity index (χ4n) is 3.35. The molecule has 21 heavy (non-hydrogen) atoms. The summed E-state index contributed by atoms with van der Waals surface area (Å²) in [6.45, 7) is 10.8. The number of hydrogen-bond donors (Lipinski definition) is 1. The van der Waals surface area contributed by atoms with Gasteiger partial charge in [-0.25, -0.2) is 0 Å². The van der Waals surface area contributed by atoms with Gasteiger partial charge in [-0.05, 0) is 51.8 Å². The van der Waals surface area contributed by atoms with Crippen molar-refractivity contribution in [1.29, 1.82) is 0 Å². The van der Waals surface area contributed by atoms with Crippen molar-refractivity contribution in [1.82, 2.24) is 10.2 Å². The molecule has 0 bridgehead atoms. The van der Waals surface area contributed by atoms with Crippen LogP contribution in [0.4, 0.5) is 0 Å². The van der Waals surface area contributed by atoms with Crippen molar-refractivity contribution < 1.29 is 4.42 Å². The van der Waals surface area contributed by atoms with E-state index in [1.165, 1.54) is 50.6 Å². The van der Waals surface area contributed by atoms with E-state index in [1.807, 2.05) is 0 Å². The molecule has 2 heterocycles. The van der Waals surface area contributed by atoms with Gasteiger partial charge in [0.15, 0.2) is 0 Å². The van der Waals surface area contributed by atoms with Crippen molar-refractivity contribution >= 4 is 0 Å². The largest absolute Gasteiger partial charge is 0.465 e. The highest BCUT2D eigenvalue weighted by molar-refractivity contribution is 5.20. The average Bonchev–Trinajstić information content (AvgIpc) is 2.69. The van der Waals surface area contributed by atoms with Gasteiger partial charge in [-0.2, -0.15) is 0 Å². The third kappa shape index (κ3) is 4.86. The molecule has 1 atom stereocenters. The van der Waals surface area contributed by atoms with E-state index in [0.29, 0.717) is 0 Å². The summed E-state index contributed by atoms with van der Waals surface area (Å²) < 4.78 is 6.00. The summed E-state index contributed by atoms with van der Waals surface area (Å²) in [7, 11) is 0. The molecule has 0 saturated carbocycles. The number of rotatable bonds is 7. The van der Waals surface area contributed by atoms with Crippen LogP contribution in [0.2, 0.25) is 0 Å². The van der Waals surface area contributed by atoms with Crippen LogP contribution in [-0.4, -0.2) is 24.0 Å². The van der Waals surface area contributed by atoms with Gasteiger partial charge in [0.1, 0.15) is 11.5 Å². The van der Waals surface area contributed by atoms with Crippen LogP contribution < -0.4 is 5.32 Å². The van der Waals surface area contributed by atoms with Crippen molar-refractivity contribution in [3.05, 3.63) is 23.2 Å². The quantitative estimate of drug-likeness (QED) is 0.762. The van der Waals surface area contributed by atoms with Gasteiger partial charge in [-0.1, -0.05) is 26.7 Å². The first-order chi connectivity index (χ1) is 10.2. The molecule has 1 aliphatic rings. The van der Waals surface area contributed by atoms with Gasteiger partial charge in [0.25, 0.3) is 0 Å². The molecule has 0 aromatic carbocycles. The summed E-state index contributed by atoms with van der Waals surface area (Å²) in [5.41, 5.74) is 1.32. The van der Waals surface area contributed by atoms with E-state index in [9.17, 15) is 0 Å². The second kappa shape index (κ2) is 8.60. The van der Waals surface area contributed by atoms with Crippen molar-refractivity contribution in [3.8, 4) is 0 Å². The van der Waals surface area contributed by atoms with Crippen LogP contribution in [0.3, 0.4) is 0 Å². The zero-order valence-corrected chi connectivity index (χ0v) is 14.1. The molecule has 0 amide bonds. The van der Waals surface area contributed by atoms with E-state index >= 15 is 0 Å². The summed E-state index contributed by atoms with van der Waals surface area (Å²) in [5.74, 6) is 2.22. The molecule has 1 aliphatic heterocycles. The molecule has 3 heteroatoms. The van der Waals surface area contributed by atoms with E-state index in [4.69, 9.17) is 4.42 Å². The number of aryl methyl sites for hydroxylation is 1. The van der Waals surface area contributed by atoms with Crippen LogP contribution in [0.15, 0.2) is 10.5 Å². The maximum Gasteiger partial charge on any atom is 0.118 e. The van der Waals surface area contributed by atoms with E-state index in [2.05, 4.69) is 37.1 Å². The first-order valence-electron chi connectivity index (χ1n) is 8.77. The third-order valence-electron chi connectivity index (χ3n) is 4.64. The van der Waals surface area contributed by atoms with Crippen LogP contribution >= 0.6 is 0 Å². The number of nitrogens with one attached hydrogen (secondary N) is 1. The first kappa shape index (κ1) is 16.6. The van der Waals surface area contributed by atoms with Gasteiger partial charge in [-0.3, -0.25) is 4.90 Å². The Balaban J connectivity index is 1.96. The van der Waals surface area contributed by atoms with E-state index in [0.717, 1.165) is 37.2 Å². The Morgan fingerprint density at radius 1 is 1.29 bits per heavy atom. The summed E-state index contributed by atoms with van der Waals surface area (Å²) >= 11 is 0. The van der Waals surface area contributed by atoms with Crippen molar-refractivity contribution in [2.24, 2.45) is 0 Å². The molecule has 0 radical (unpaired) electrons. The Labute approximate surface area is 130 Å². The van der Waals surface area contributed by atoms with Crippen LogP contribution in [0, 0.1) is 6.92 Å². The second-order valence-electron chi connectivity index (χ2n) is 6.35. The number of hydrogen-bond acceptors (Lipinski definition) is 3. The minimum absolute atomic E-state index is 0.736. The molecule has 120 valence electrons. The summed E-state index contributed by atoms with van der Waals surface area (Å²) in [5, 5.41) is 3.47. The maximum absolute atomic E-state index is 6.00. The summed E-state index contributed by atoms with van der Waals surface area (Å²) in [6.07, 6.45) is 7.89. The molecule has 1 aromatic heterocycles. The number of furan rings is 1. The van der Waals surface area contributed by atoms with Crippen LogP contribution in [0.5, 0.6) is 0 Å². The molecule has 1 saturated heterocycles.